The van der Waals surface area contributed by atoms with Crippen LogP contribution in [0.1, 0.15) is 12.8 Å². The number of halogens is 1. The van der Waals surface area contributed by atoms with Gasteiger partial charge < -0.3 is 5.32 Å². The molecule has 1 aliphatic heterocycles. The van der Waals surface area contributed by atoms with Crippen molar-refractivity contribution in [3.63, 3.8) is 0 Å². The fraction of sp³-hybridized carbons (Fsp3) is 0.357. The summed E-state index contributed by atoms with van der Waals surface area (Å²) in [7, 11) is 0. The molecule has 0 amide bonds. The lowest BCUT2D eigenvalue weighted by Gasteiger charge is -2.21. The van der Waals surface area contributed by atoms with Gasteiger partial charge in [0.25, 0.3) is 0 Å². The molecule has 0 unspecified atom stereocenters. The Kier molecular flexibility index (Phi) is 4.87. The van der Waals surface area contributed by atoms with Crippen LogP contribution in [0.2, 0.25) is 0 Å². The van der Waals surface area contributed by atoms with E-state index in [-0.39, 0.29) is 12.4 Å². The van der Waals surface area contributed by atoms with Crippen LogP contribution < -0.4 is 5.32 Å². The van der Waals surface area contributed by atoms with Gasteiger partial charge in [-0.05, 0) is 38.1 Å². The maximum Gasteiger partial charge on any atom is 0.0970 e. The molecule has 96 valence electrons. The summed E-state index contributed by atoms with van der Waals surface area (Å²) in [5.41, 5.74) is 1.10. The zero-order valence-corrected chi connectivity index (χ0v) is 11.8. The Balaban J connectivity index is 0.00000120. The number of para-hydroxylation sites is 1. The Morgan fingerprint density at radius 3 is 2.67 bits per heavy atom. The molecule has 2 nitrogen and oxygen atoms in total. The summed E-state index contributed by atoms with van der Waals surface area (Å²) in [6.45, 7) is 2.29. The van der Waals surface area contributed by atoms with Crippen molar-refractivity contribution in [2.24, 2.45) is 0 Å². The third-order valence-corrected chi connectivity index (χ3v) is 4.42. The molecule has 18 heavy (non-hydrogen) atoms. The van der Waals surface area contributed by atoms with Crippen molar-refractivity contribution in [1.82, 2.24) is 10.3 Å². The van der Waals surface area contributed by atoms with E-state index in [9.17, 15) is 0 Å². The highest BCUT2D eigenvalue weighted by atomic mass is 35.5. The molecule has 2 heterocycles. The Hall–Kier alpha value is -0.770. The van der Waals surface area contributed by atoms with E-state index in [0.717, 1.165) is 28.9 Å². The summed E-state index contributed by atoms with van der Waals surface area (Å²) >= 11 is 1.93. The Labute approximate surface area is 118 Å². The van der Waals surface area contributed by atoms with Crippen molar-refractivity contribution in [3.05, 3.63) is 36.4 Å². The topological polar surface area (TPSA) is 24.9 Å². The van der Waals surface area contributed by atoms with E-state index in [1.807, 2.05) is 17.8 Å². The van der Waals surface area contributed by atoms with Crippen LogP contribution in [-0.2, 0) is 0 Å². The van der Waals surface area contributed by atoms with Crippen LogP contribution in [0, 0.1) is 0 Å². The minimum atomic E-state index is 0. The van der Waals surface area contributed by atoms with Gasteiger partial charge in [-0.25, -0.2) is 4.98 Å². The van der Waals surface area contributed by atoms with E-state index >= 15 is 0 Å². The summed E-state index contributed by atoms with van der Waals surface area (Å²) in [5, 5.41) is 6.51. The molecule has 1 N–H and O–H groups in total. The number of nitrogens with zero attached hydrogens (tertiary/aromatic N) is 1. The molecular formula is C14H17ClN2S. The van der Waals surface area contributed by atoms with E-state index in [1.54, 1.807) is 0 Å². The minimum Gasteiger partial charge on any atom is -0.317 e. The first-order valence-electron chi connectivity index (χ1n) is 6.15. The van der Waals surface area contributed by atoms with Gasteiger partial charge in [-0.2, -0.15) is 0 Å². The van der Waals surface area contributed by atoms with E-state index in [4.69, 9.17) is 4.98 Å². The molecule has 3 rings (SSSR count). The highest BCUT2D eigenvalue weighted by molar-refractivity contribution is 7.99. The largest absolute Gasteiger partial charge is 0.317 e. The van der Waals surface area contributed by atoms with Crippen molar-refractivity contribution >= 4 is 35.1 Å². The maximum absolute atomic E-state index is 4.71. The zero-order valence-electron chi connectivity index (χ0n) is 10.1. The van der Waals surface area contributed by atoms with Crippen LogP contribution in [0.5, 0.6) is 0 Å². The van der Waals surface area contributed by atoms with Crippen molar-refractivity contribution in [2.45, 2.75) is 23.1 Å². The van der Waals surface area contributed by atoms with E-state index in [1.165, 1.54) is 18.2 Å². The molecule has 0 spiro atoms. The van der Waals surface area contributed by atoms with E-state index in [2.05, 4.69) is 35.6 Å². The second kappa shape index (κ2) is 6.41. The number of piperidine rings is 1. The van der Waals surface area contributed by atoms with Crippen molar-refractivity contribution in [2.75, 3.05) is 13.1 Å². The summed E-state index contributed by atoms with van der Waals surface area (Å²) in [5.74, 6) is 0. The lowest BCUT2D eigenvalue weighted by atomic mass is 10.2. The van der Waals surface area contributed by atoms with Crippen molar-refractivity contribution in [1.29, 1.82) is 0 Å². The van der Waals surface area contributed by atoms with Crippen LogP contribution in [0.15, 0.2) is 41.4 Å². The van der Waals surface area contributed by atoms with Crippen molar-refractivity contribution in [3.8, 4) is 0 Å². The fourth-order valence-corrected chi connectivity index (χ4v) is 3.31. The molecule has 1 aliphatic rings. The average Bonchev–Trinajstić information content (AvgIpc) is 2.40. The summed E-state index contributed by atoms with van der Waals surface area (Å²) in [6.07, 6.45) is 2.50. The second-order valence-corrected chi connectivity index (χ2v) is 5.73. The molecular weight excluding hydrogens is 264 g/mol. The normalized spacial score (nSPS) is 16.4. The third kappa shape index (κ3) is 3.16. The van der Waals surface area contributed by atoms with Crippen LogP contribution in [0.25, 0.3) is 10.9 Å². The summed E-state index contributed by atoms with van der Waals surface area (Å²) in [4.78, 5) is 4.71. The van der Waals surface area contributed by atoms with Gasteiger partial charge in [0.05, 0.1) is 10.5 Å². The molecule has 4 heteroatoms. The summed E-state index contributed by atoms with van der Waals surface area (Å²) < 4.78 is 0. The fourth-order valence-electron chi connectivity index (χ4n) is 2.20. The molecule has 1 aromatic heterocycles. The predicted molar refractivity (Wildman–Crippen MR) is 80.7 cm³/mol. The van der Waals surface area contributed by atoms with E-state index in [0.29, 0.717) is 0 Å². The average molecular weight is 281 g/mol. The maximum atomic E-state index is 4.71. The van der Waals surface area contributed by atoms with Gasteiger partial charge in [0.15, 0.2) is 0 Å². The Bertz CT molecular complexity index is 512. The number of rotatable bonds is 2. The monoisotopic (exact) mass is 280 g/mol. The molecule has 0 saturated carbocycles. The number of pyridine rings is 1. The minimum absolute atomic E-state index is 0. The highest BCUT2D eigenvalue weighted by Gasteiger charge is 2.14. The van der Waals surface area contributed by atoms with E-state index < -0.39 is 0 Å². The van der Waals surface area contributed by atoms with Crippen LogP contribution >= 0.6 is 24.2 Å². The summed E-state index contributed by atoms with van der Waals surface area (Å²) in [6, 6.07) is 12.6. The SMILES string of the molecule is Cl.c1ccc2nc(SC3CCNCC3)ccc2c1. The molecule has 2 aromatic rings. The van der Waals surface area contributed by atoms with Crippen LogP contribution in [-0.4, -0.2) is 23.3 Å². The number of aromatic nitrogens is 1. The predicted octanol–water partition coefficient (Wildman–Crippen LogP) is 3.50. The number of hydrogen-bond acceptors (Lipinski definition) is 3. The van der Waals surface area contributed by atoms with Crippen LogP contribution in [0.4, 0.5) is 0 Å². The first-order valence-corrected chi connectivity index (χ1v) is 7.03. The first-order chi connectivity index (χ1) is 8.42. The number of fused-ring (bicyclic) bond motifs is 1. The molecule has 0 atom stereocenters. The Morgan fingerprint density at radius 1 is 1.06 bits per heavy atom. The third-order valence-electron chi connectivity index (χ3n) is 3.15. The van der Waals surface area contributed by atoms with Gasteiger partial charge in [-0.1, -0.05) is 24.3 Å². The van der Waals surface area contributed by atoms with Gasteiger partial charge in [0, 0.05) is 10.6 Å². The van der Waals surface area contributed by atoms with Gasteiger partial charge in [-0.15, -0.1) is 24.2 Å². The van der Waals surface area contributed by atoms with Crippen molar-refractivity contribution < 1.29 is 0 Å². The van der Waals surface area contributed by atoms with Crippen LogP contribution in [0.3, 0.4) is 0 Å². The lowest BCUT2D eigenvalue weighted by Crippen LogP contribution is -2.29. The van der Waals surface area contributed by atoms with Gasteiger partial charge in [0.2, 0.25) is 0 Å². The highest BCUT2D eigenvalue weighted by Crippen LogP contribution is 2.28. The quantitative estimate of drug-likeness (QED) is 0.911. The molecule has 1 saturated heterocycles. The Morgan fingerprint density at radius 2 is 1.83 bits per heavy atom. The van der Waals surface area contributed by atoms with Gasteiger partial charge in [-0.3, -0.25) is 0 Å². The zero-order chi connectivity index (χ0) is 11.5. The van der Waals surface area contributed by atoms with Gasteiger partial charge >= 0.3 is 0 Å². The second-order valence-electron chi connectivity index (χ2n) is 4.41. The molecule has 1 fully saturated rings. The molecule has 0 aliphatic carbocycles. The first kappa shape index (κ1) is 13.7. The number of nitrogens with one attached hydrogen (secondary N) is 1. The standard InChI is InChI=1S/C14H16N2S.ClH/c1-2-4-13-11(3-1)5-6-14(16-13)17-12-7-9-15-10-8-12;/h1-6,12,15H,7-10H2;1H. The lowest BCUT2D eigenvalue weighted by molar-refractivity contribution is 0.531. The van der Waals surface area contributed by atoms with Gasteiger partial charge in [0.1, 0.15) is 0 Å². The number of thioether (sulfide) groups is 1. The smallest absolute Gasteiger partial charge is 0.0970 e. The molecule has 0 radical (unpaired) electrons. The number of hydrogen-bond donors (Lipinski definition) is 1. The number of benzene rings is 1. The molecule has 1 aromatic carbocycles. The molecule has 0 bridgehead atoms.